The molecule has 2 N–H and O–H groups in total. The number of ether oxygens (including phenoxy) is 2. The second-order valence-corrected chi connectivity index (χ2v) is 5.15. The number of aromatic nitrogens is 4. The Bertz CT molecular complexity index is 634. The van der Waals surface area contributed by atoms with Gasteiger partial charge in [0.1, 0.15) is 12.3 Å². The maximum Gasteiger partial charge on any atom is 0.246 e. The van der Waals surface area contributed by atoms with Crippen LogP contribution in [0.2, 0.25) is 0 Å². The first-order valence-electron chi connectivity index (χ1n) is 6.02. The third-order valence-corrected chi connectivity index (χ3v) is 3.60. The highest BCUT2D eigenvalue weighted by atomic mass is 79.9. The Hall–Kier alpha value is -1.29. The van der Waals surface area contributed by atoms with Gasteiger partial charge in [0.2, 0.25) is 10.6 Å². The number of imidazole rings is 1. The van der Waals surface area contributed by atoms with Crippen LogP contribution in [0.15, 0.2) is 11.1 Å². The third-order valence-electron chi connectivity index (χ3n) is 3.25. The molecule has 0 aromatic carbocycles. The highest BCUT2D eigenvalue weighted by Crippen LogP contribution is 2.32. The summed E-state index contributed by atoms with van der Waals surface area (Å²) in [4.78, 5) is 12.6. The topological polar surface area (TPSA) is 103 Å². The van der Waals surface area contributed by atoms with E-state index in [0.717, 1.165) is 0 Å². The Morgan fingerprint density at radius 3 is 3.00 bits per heavy atom. The van der Waals surface area contributed by atoms with Crippen LogP contribution in [0.25, 0.3) is 11.2 Å². The lowest BCUT2D eigenvalue weighted by atomic mass is 10.2. The maximum absolute atomic E-state index is 9.80. The summed E-state index contributed by atoms with van der Waals surface area (Å²) >= 11 is 3.22. The summed E-state index contributed by atoms with van der Waals surface area (Å²) in [5.74, 6) is 0.359. The fourth-order valence-corrected chi connectivity index (χ4v) is 2.60. The number of methoxy groups -OCH3 is 1. The quantitative estimate of drug-likeness (QED) is 0.768. The molecule has 0 saturated carbocycles. The first kappa shape index (κ1) is 13.7. The molecule has 0 aliphatic carbocycles. The molecule has 20 heavy (non-hydrogen) atoms. The summed E-state index contributed by atoms with van der Waals surface area (Å²) in [6.45, 7) is -0.230. The molecule has 0 bridgehead atoms. The van der Waals surface area contributed by atoms with Crippen LogP contribution in [-0.2, 0) is 4.74 Å². The summed E-state index contributed by atoms with van der Waals surface area (Å²) < 4.78 is 12.8. The van der Waals surface area contributed by atoms with E-state index in [9.17, 15) is 5.11 Å². The number of halogens is 1. The Balaban J connectivity index is 2.03. The molecular weight excluding hydrogens is 332 g/mol. The van der Waals surface area contributed by atoms with E-state index >= 15 is 0 Å². The molecule has 1 aliphatic heterocycles. The van der Waals surface area contributed by atoms with Gasteiger partial charge in [-0.3, -0.25) is 4.57 Å². The lowest BCUT2D eigenvalue weighted by Gasteiger charge is -2.13. The lowest BCUT2D eigenvalue weighted by molar-refractivity contribution is -0.0432. The molecular formula is C11H13BrN4O4. The fraction of sp³-hybridized carbons (Fsp3) is 0.545. The number of hydrogen-bond acceptors (Lipinski definition) is 7. The summed E-state index contributed by atoms with van der Waals surface area (Å²) in [7, 11) is 1.50. The van der Waals surface area contributed by atoms with Gasteiger partial charge in [-0.2, -0.15) is 4.98 Å². The molecule has 0 spiro atoms. The normalized spacial score (nSPS) is 26.3. The molecule has 9 heteroatoms. The van der Waals surface area contributed by atoms with Gasteiger partial charge in [0.25, 0.3) is 0 Å². The molecule has 3 rings (SSSR count). The number of nitrogens with zero attached hydrogens (tertiary/aromatic N) is 4. The van der Waals surface area contributed by atoms with Crippen molar-refractivity contribution >= 4 is 27.1 Å². The number of rotatable bonds is 3. The van der Waals surface area contributed by atoms with E-state index in [1.165, 1.54) is 7.11 Å². The van der Waals surface area contributed by atoms with Gasteiger partial charge in [-0.15, -0.1) is 0 Å². The van der Waals surface area contributed by atoms with Crippen molar-refractivity contribution in [2.24, 2.45) is 0 Å². The molecule has 3 atom stereocenters. The average Bonchev–Trinajstić information content (AvgIpc) is 3.00. The molecule has 1 aliphatic rings. The van der Waals surface area contributed by atoms with Gasteiger partial charge in [0, 0.05) is 6.42 Å². The van der Waals surface area contributed by atoms with Crippen LogP contribution in [-0.4, -0.2) is 55.7 Å². The first-order valence-corrected chi connectivity index (χ1v) is 6.81. The minimum Gasteiger partial charge on any atom is -0.479 e. The Kier molecular flexibility index (Phi) is 3.59. The van der Waals surface area contributed by atoms with Crippen LogP contribution >= 0.6 is 15.9 Å². The fourth-order valence-electron chi connectivity index (χ4n) is 2.27. The predicted molar refractivity (Wildman–Crippen MR) is 71.2 cm³/mol. The molecule has 1 fully saturated rings. The van der Waals surface area contributed by atoms with Gasteiger partial charge in [-0.1, -0.05) is 0 Å². The SMILES string of the molecule is COc1nc(Br)nc2c1ncn2C1CC(O)C(CO)O1. The van der Waals surface area contributed by atoms with Gasteiger partial charge in [-0.25, -0.2) is 9.97 Å². The van der Waals surface area contributed by atoms with E-state index in [4.69, 9.17) is 14.6 Å². The van der Waals surface area contributed by atoms with Crippen LogP contribution in [0.4, 0.5) is 0 Å². The zero-order chi connectivity index (χ0) is 14.3. The van der Waals surface area contributed by atoms with Crippen molar-refractivity contribution in [2.75, 3.05) is 13.7 Å². The molecule has 8 nitrogen and oxygen atoms in total. The van der Waals surface area contributed by atoms with Gasteiger partial charge in [-0.05, 0) is 15.9 Å². The molecule has 108 valence electrons. The summed E-state index contributed by atoms with van der Waals surface area (Å²) in [5, 5.41) is 18.9. The van der Waals surface area contributed by atoms with E-state index in [2.05, 4.69) is 30.9 Å². The number of hydrogen-bond donors (Lipinski definition) is 2. The highest BCUT2D eigenvalue weighted by Gasteiger charge is 2.35. The van der Waals surface area contributed by atoms with E-state index < -0.39 is 18.4 Å². The molecule has 2 aromatic heterocycles. The zero-order valence-electron chi connectivity index (χ0n) is 10.6. The molecule has 0 amide bonds. The van der Waals surface area contributed by atoms with Crippen molar-refractivity contribution in [3.63, 3.8) is 0 Å². The van der Waals surface area contributed by atoms with Crippen molar-refractivity contribution in [1.29, 1.82) is 0 Å². The molecule has 0 radical (unpaired) electrons. The number of aliphatic hydroxyl groups is 2. The predicted octanol–water partition coefficient (Wildman–Crippen LogP) is 0.238. The average molecular weight is 345 g/mol. The van der Waals surface area contributed by atoms with Crippen LogP contribution < -0.4 is 4.74 Å². The van der Waals surface area contributed by atoms with E-state index in [1.807, 2.05) is 0 Å². The van der Waals surface area contributed by atoms with E-state index in [1.54, 1.807) is 10.9 Å². The van der Waals surface area contributed by atoms with Gasteiger partial charge >= 0.3 is 0 Å². The van der Waals surface area contributed by atoms with Crippen molar-refractivity contribution in [3.8, 4) is 5.88 Å². The molecule has 3 unspecified atom stereocenters. The summed E-state index contributed by atoms with van der Waals surface area (Å²) in [6.07, 6.45) is 0.185. The van der Waals surface area contributed by atoms with Gasteiger partial charge in [0.05, 0.1) is 26.1 Å². The van der Waals surface area contributed by atoms with Crippen molar-refractivity contribution in [1.82, 2.24) is 19.5 Å². The van der Waals surface area contributed by atoms with Crippen molar-refractivity contribution in [3.05, 3.63) is 11.1 Å². The zero-order valence-corrected chi connectivity index (χ0v) is 12.2. The van der Waals surface area contributed by atoms with Crippen LogP contribution in [0.1, 0.15) is 12.6 Å². The highest BCUT2D eigenvalue weighted by molar-refractivity contribution is 9.10. The summed E-state index contributed by atoms with van der Waals surface area (Å²) in [5.41, 5.74) is 1.06. The van der Waals surface area contributed by atoms with Crippen LogP contribution in [0.3, 0.4) is 0 Å². The Morgan fingerprint density at radius 1 is 1.55 bits per heavy atom. The van der Waals surface area contributed by atoms with E-state index in [-0.39, 0.29) is 6.61 Å². The molecule has 3 heterocycles. The maximum atomic E-state index is 9.80. The molecule has 1 saturated heterocycles. The number of aliphatic hydroxyl groups excluding tert-OH is 2. The summed E-state index contributed by atoms with van der Waals surface area (Å²) in [6, 6.07) is 0. The minimum absolute atomic E-state index is 0.230. The van der Waals surface area contributed by atoms with Crippen molar-refractivity contribution in [2.45, 2.75) is 24.9 Å². The van der Waals surface area contributed by atoms with Gasteiger partial charge in [0.15, 0.2) is 11.2 Å². The van der Waals surface area contributed by atoms with E-state index in [0.29, 0.717) is 28.2 Å². The largest absolute Gasteiger partial charge is 0.479 e. The third kappa shape index (κ3) is 2.16. The number of fused-ring (bicyclic) bond motifs is 1. The molecule has 2 aromatic rings. The second-order valence-electron chi connectivity index (χ2n) is 4.44. The van der Waals surface area contributed by atoms with Gasteiger partial charge < -0.3 is 19.7 Å². The van der Waals surface area contributed by atoms with Crippen LogP contribution in [0.5, 0.6) is 5.88 Å². The lowest BCUT2D eigenvalue weighted by Crippen LogP contribution is -2.24. The second kappa shape index (κ2) is 5.24. The monoisotopic (exact) mass is 344 g/mol. The Morgan fingerprint density at radius 2 is 2.35 bits per heavy atom. The minimum atomic E-state index is -0.713. The first-order chi connectivity index (χ1) is 9.63. The Labute approximate surface area is 122 Å². The smallest absolute Gasteiger partial charge is 0.246 e. The van der Waals surface area contributed by atoms with Crippen molar-refractivity contribution < 1.29 is 19.7 Å². The standard InChI is InChI=1S/C11H13BrN4O4/c1-19-10-8-9(14-11(12)15-10)16(4-13-8)7-2-5(18)6(3-17)20-7/h4-7,17-18H,2-3H2,1H3. The van der Waals surface area contributed by atoms with Crippen LogP contribution in [0, 0.1) is 0 Å².